The van der Waals surface area contributed by atoms with Crippen LogP contribution < -0.4 is 0 Å². The van der Waals surface area contributed by atoms with E-state index in [1.807, 2.05) is 0 Å². The third-order valence-corrected chi connectivity index (χ3v) is 2.30. The van der Waals surface area contributed by atoms with Gasteiger partial charge < -0.3 is 0 Å². The van der Waals surface area contributed by atoms with Crippen molar-refractivity contribution in [2.75, 3.05) is 12.0 Å². The number of aryl methyl sites for hydroxylation is 1. The van der Waals surface area contributed by atoms with E-state index in [4.69, 9.17) is 0 Å². The van der Waals surface area contributed by atoms with Crippen LogP contribution in [0.5, 0.6) is 0 Å². The first kappa shape index (κ1) is 10.8. The summed E-state index contributed by atoms with van der Waals surface area (Å²) in [5.41, 5.74) is 0.487. The molecule has 0 aromatic carbocycles. The van der Waals surface area contributed by atoms with Gasteiger partial charge in [0, 0.05) is 19.5 Å². The van der Waals surface area contributed by atoms with Crippen LogP contribution in [-0.4, -0.2) is 41.2 Å². The van der Waals surface area contributed by atoms with Gasteiger partial charge in [0.05, 0.1) is 12.1 Å². The summed E-state index contributed by atoms with van der Waals surface area (Å²) in [5.74, 6) is -0.808. The van der Waals surface area contributed by atoms with E-state index in [1.54, 1.807) is 13.2 Å². The monoisotopic (exact) mass is 217 g/mol. The molecule has 1 aromatic heterocycles. The van der Waals surface area contributed by atoms with Crippen LogP contribution in [0.2, 0.25) is 0 Å². The topological polar surface area (TPSA) is 81.9 Å². The number of hydrogen-bond donors (Lipinski definition) is 0. The van der Waals surface area contributed by atoms with E-state index < -0.39 is 15.6 Å². The van der Waals surface area contributed by atoms with Crippen LogP contribution in [0.3, 0.4) is 0 Å². The minimum atomic E-state index is -3.24. The van der Waals surface area contributed by atoms with Crippen LogP contribution in [-0.2, 0) is 28.1 Å². The van der Waals surface area contributed by atoms with Gasteiger partial charge in [0.25, 0.3) is 0 Å². The van der Waals surface area contributed by atoms with Crippen molar-refractivity contribution in [3.05, 3.63) is 11.9 Å². The molecule has 1 rings (SSSR count). The van der Waals surface area contributed by atoms with Gasteiger partial charge in [-0.25, -0.2) is 8.42 Å². The molecule has 0 atom stereocenters. The van der Waals surface area contributed by atoms with Gasteiger partial charge in [-0.1, -0.05) is 5.21 Å². The number of Topliss-reactive ketones (excluding diaryl/α,β-unsaturated/α-hetero) is 1. The average molecular weight is 217 g/mol. The van der Waals surface area contributed by atoms with Gasteiger partial charge in [-0.3, -0.25) is 9.48 Å². The summed E-state index contributed by atoms with van der Waals surface area (Å²) in [6.45, 7) is 0. The zero-order chi connectivity index (χ0) is 10.8. The summed E-state index contributed by atoms with van der Waals surface area (Å²) in [7, 11) is -1.56. The molecule has 0 saturated heterocycles. The number of rotatable bonds is 4. The molecule has 0 radical (unpaired) electrons. The number of aromatic nitrogens is 3. The van der Waals surface area contributed by atoms with Crippen LogP contribution in [0.25, 0.3) is 0 Å². The molecule has 0 aliphatic rings. The predicted octanol–water partition coefficient (Wildman–Crippen LogP) is -1.03. The molecule has 0 aliphatic heterocycles. The highest BCUT2D eigenvalue weighted by molar-refractivity contribution is 7.91. The molecule has 0 spiro atoms. The molecule has 0 amide bonds. The lowest BCUT2D eigenvalue weighted by Crippen LogP contribution is -2.16. The second-order valence-corrected chi connectivity index (χ2v) is 5.31. The number of ketones is 1. The molecule has 1 aromatic rings. The molecule has 78 valence electrons. The fourth-order valence-corrected chi connectivity index (χ4v) is 1.71. The molecular weight excluding hydrogens is 206 g/mol. The van der Waals surface area contributed by atoms with Crippen molar-refractivity contribution in [1.82, 2.24) is 15.0 Å². The summed E-state index contributed by atoms with van der Waals surface area (Å²) < 4.78 is 23.0. The van der Waals surface area contributed by atoms with E-state index >= 15 is 0 Å². The Kier molecular flexibility index (Phi) is 3.00. The maximum absolute atomic E-state index is 11.2. The van der Waals surface area contributed by atoms with Gasteiger partial charge in [0.15, 0.2) is 15.6 Å². The van der Waals surface area contributed by atoms with E-state index in [-0.39, 0.29) is 12.2 Å². The van der Waals surface area contributed by atoms with Crippen LogP contribution in [0.15, 0.2) is 6.20 Å². The molecule has 0 fully saturated rings. The number of nitrogens with zero attached hydrogens (tertiary/aromatic N) is 3. The van der Waals surface area contributed by atoms with Crippen LogP contribution in [0, 0.1) is 0 Å². The average Bonchev–Trinajstić information content (AvgIpc) is 2.30. The third kappa shape index (κ3) is 3.65. The normalized spacial score (nSPS) is 11.6. The summed E-state index contributed by atoms with van der Waals surface area (Å²) in [5, 5.41) is 7.31. The molecule has 7 heteroatoms. The molecule has 0 unspecified atom stereocenters. The number of hydrogen-bond acceptors (Lipinski definition) is 5. The lowest BCUT2D eigenvalue weighted by Gasteiger charge is -1.94. The summed E-state index contributed by atoms with van der Waals surface area (Å²) in [6.07, 6.45) is 2.63. The Bertz CT molecular complexity index is 435. The second-order valence-electron chi connectivity index (χ2n) is 3.17. The minimum absolute atomic E-state index is 0.0148. The third-order valence-electron chi connectivity index (χ3n) is 1.45. The van der Waals surface area contributed by atoms with E-state index in [2.05, 4.69) is 10.3 Å². The summed E-state index contributed by atoms with van der Waals surface area (Å²) in [6, 6.07) is 0. The van der Waals surface area contributed by atoms with Crippen molar-refractivity contribution in [3.63, 3.8) is 0 Å². The van der Waals surface area contributed by atoms with Crippen LogP contribution in [0.4, 0.5) is 0 Å². The van der Waals surface area contributed by atoms with Crippen molar-refractivity contribution >= 4 is 15.6 Å². The minimum Gasteiger partial charge on any atom is -0.298 e. The van der Waals surface area contributed by atoms with Crippen LogP contribution >= 0.6 is 0 Å². The lowest BCUT2D eigenvalue weighted by molar-refractivity contribution is -0.116. The molecule has 1 heterocycles. The van der Waals surface area contributed by atoms with Crippen molar-refractivity contribution in [2.24, 2.45) is 7.05 Å². The molecular formula is C7H11N3O3S. The fourth-order valence-electron chi connectivity index (χ4n) is 1.02. The van der Waals surface area contributed by atoms with Crippen molar-refractivity contribution in [1.29, 1.82) is 0 Å². The summed E-state index contributed by atoms with van der Waals surface area (Å²) >= 11 is 0. The van der Waals surface area contributed by atoms with Crippen molar-refractivity contribution in [3.8, 4) is 0 Å². The Morgan fingerprint density at radius 1 is 1.57 bits per heavy atom. The van der Waals surface area contributed by atoms with Gasteiger partial charge >= 0.3 is 0 Å². The van der Waals surface area contributed by atoms with Gasteiger partial charge in [0.1, 0.15) is 5.75 Å². The zero-order valence-electron chi connectivity index (χ0n) is 7.97. The van der Waals surface area contributed by atoms with E-state index in [1.165, 1.54) is 4.68 Å². The van der Waals surface area contributed by atoms with Gasteiger partial charge in [-0.15, -0.1) is 5.10 Å². The molecule has 0 aliphatic carbocycles. The van der Waals surface area contributed by atoms with E-state index in [9.17, 15) is 13.2 Å². The second kappa shape index (κ2) is 3.87. The quantitative estimate of drug-likeness (QED) is 0.644. The predicted molar refractivity (Wildman–Crippen MR) is 49.4 cm³/mol. The van der Waals surface area contributed by atoms with Crippen molar-refractivity contribution in [2.45, 2.75) is 6.42 Å². The first-order valence-corrected chi connectivity index (χ1v) is 5.97. The first-order chi connectivity index (χ1) is 6.37. The lowest BCUT2D eigenvalue weighted by atomic mass is 10.2. The first-order valence-electron chi connectivity index (χ1n) is 3.91. The largest absolute Gasteiger partial charge is 0.298 e. The Balaban J connectivity index is 2.58. The molecule has 0 N–H and O–H groups in total. The highest BCUT2D eigenvalue weighted by Gasteiger charge is 2.12. The standard InChI is InChI=1S/C7H11N3O3S/c1-10-4-6(8-9-10)3-7(11)5-14(2,12)13/h4H,3,5H2,1-2H3. The highest BCUT2D eigenvalue weighted by atomic mass is 32.2. The summed E-state index contributed by atoms with van der Waals surface area (Å²) in [4.78, 5) is 11.2. The smallest absolute Gasteiger partial charge is 0.154 e. The molecule has 0 bridgehead atoms. The Morgan fingerprint density at radius 3 is 2.64 bits per heavy atom. The number of sulfone groups is 1. The van der Waals surface area contributed by atoms with Gasteiger partial charge in [-0.05, 0) is 0 Å². The Hall–Kier alpha value is -1.24. The molecule has 6 nitrogen and oxygen atoms in total. The maximum Gasteiger partial charge on any atom is 0.154 e. The van der Waals surface area contributed by atoms with Gasteiger partial charge in [-0.2, -0.15) is 0 Å². The van der Waals surface area contributed by atoms with E-state index in [0.29, 0.717) is 5.69 Å². The zero-order valence-corrected chi connectivity index (χ0v) is 8.78. The molecule has 14 heavy (non-hydrogen) atoms. The van der Waals surface area contributed by atoms with Crippen LogP contribution in [0.1, 0.15) is 5.69 Å². The van der Waals surface area contributed by atoms with E-state index in [0.717, 1.165) is 6.26 Å². The Morgan fingerprint density at radius 2 is 2.21 bits per heavy atom. The molecule has 0 saturated carbocycles. The number of carbonyl (C=O) groups excluding carboxylic acids is 1. The fraction of sp³-hybridized carbons (Fsp3) is 0.571. The highest BCUT2D eigenvalue weighted by Crippen LogP contribution is 1.96. The Labute approximate surface area is 81.8 Å². The van der Waals surface area contributed by atoms with Gasteiger partial charge in [0.2, 0.25) is 0 Å². The maximum atomic E-state index is 11.2. The SMILES string of the molecule is Cn1cc(CC(=O)CS(C)(=O)=O)nn1. The number of carbonyl (C=O) groups is 1. The van der Waals surface area contributed by atoms with Crippen molar-refractivity contribution < 1.29 is 13.2 Å².